The van der Waals surface area contributed by atoms with Crippen LogP contribution in [0.4, 0.5) is 0 Å². The van der Waals surface area contributed by atoms with E-state index in [1.807, 2.05) is 42.5 Å². The number of carbonyl (C=O) groups excluding carboxylic acids is 2. The van der Waals surface area contributed by atoms with E-state index in [0.29, 0.717) is 16.8 Å². The zero-order valence-corrected chi connectivity index (χ0v) is 15.8. The number of Topliss-reactive ketones (excluding diaryl/α,β-unsaturated/α-hetero) is 1. The highest BCUT2D eigenvalue weighted by Gasteiger charge is 2.18. The summed E-state index contributed by atoms with van der Waals surface area (Å²) in [6, 6.07) is 18.8. The van der Waals surface area contributed by atoms with Crippen LogP contribution in [0.25, 0.3) is 11.1 Å². The first-order valence-corrected chi connectivity index (χ1v) is 8.83. The Morgan fingerprint density at radius 3 is 2.22 bits per heavy atom. The van der Waals surface area contributed by atoms with Crippen LogP contribution in [0.2, 0.25) is 5.15 Å². The minimum absolute atomic E-state index is 0.0807. The lowest BCUT2D eigenvalue weighted by molar-refractivity contribution is 0.0473. The molecule has 0 fully saturated rings. The molecule has 0 aliphatic rings. The van der Waals surface area contributed by atoms with Crippen molar-refractivity contribution in [3.05, 3.63) is 88.2 Å². The molecule has 1 aromatic heterocycles. The molecule has 0 aliphatic heterocycles. The monoisotopic (exact) mass is 379 g/mol. The molecule has 0 N–H and O–H groups in total. The van der Waals surface area contributed by atoms with Crippen molar-refractivity contribution in [1.29, 1.82) is 0 Å². The van der Waals surface area contributed by atoms with Crippen molar-refractivity contribution < 1.29 is 14.3 Å². The number of hydrogen-bond acceptors (Lipinski definition) is 4. The highest BCUT2D eigenvalue weighted by molar-refractivity contribution is 6.32. The second-order valence-corrected chi connectivity index (χ2v) is 6.55. The summed E-state index contributed by atoms with van der Waals surface area (Å²) < 4.78 is 5.15. The number of hydrogen-bond donors (Lipinski definition) is 0. The lowest BCUT2D eigenvalue weighted by atomic mass is 10.0. The molecule has 0 amide bonds. The smallest absolute Gasteiger partial charge is 0.342 e. The maximum Gasteiger partial charge on any atom is 0.342 e. The van der Waals surface area contributed by atoms with E-state index < -0.39 is 5.97 Å². The van der Waals surface area contributed by atoms with Crippen LogP contribution in [0.1, 0.15) is 32.0 Å². The summed E-state index contributed by atoms with van der Waals surface area (Å²) in [4.78, 5) is 28.7. The molecular weight excluding hydrogens is 362 g/mol. The predicted octanol–water partition coefficient (Wildman–Crippen LogP) is 5.06. The zero-order chi connectivity index (χ0) is 19.4. The molecule has 0 radical (unpaired) electrons. The molecule has 0 spiro atoms. The first kappa shape index (κ1) is 18.8. The van der Waals surface area contributed by atoms with Crippen LogP contribution in [-0.4, -0.2) is 23.3 Å². The highest BCUT2D eigenvalue weighted by Crippen LogP contribution is 2.21. The van der Waals surface area contributed by atoms with Gasteiger partial charge in [0.25, 0.3) is 0 Å². The zero-order valence-electron chi connectivity index (χ0n) is 15.0. The molecule has 3 rings (SSSR count). The fourth-order valence-corrected chi connectivity index (χ4v) is 3.16. The summed E-state index contributed by atoms with van der Waals surface area (Å²) in [5.74, 6) is -0.934. The normalized spacial score (nSPS) is 10.5. The SMILES string of the molecule is Cc1cc(C)c(C(=O)OCC(=O)c2ccc(-c3ccccc3)cc2)c(Cl)n1. The van der Waals surface area contributed by atoms with E-state index in [1.165, 1.54) is 0 Å². The van der Waals surface area contributed by atoms with Crippen molar-refractivity contribution in [2.75, 3.05) is 6.61 Å². The Morgan fingerprint density at radius 1 is 0.963 bits per heavy atom. The summed E-state index contributed by atoms with van der Waals surface area (Å²) in [5.41, 5.74) is 4.12. The number of aromatic nitrogens is 1. The van der Waals surface area contributed by atoms with Crippen molar-refractivity contribution >= 4 is 23.4 Å². The number of aryl methyl sites for hydroxylation is 2. The van der Waals surface area contributed by atoms with Gasteiger partial charge in [0.15, 0.2) is 12.4 Å². The number of benzene rings is 2. The van der Waals surface area contributed by atoms with E-state index in [4.69, 9.17) is 16.3 Å². The number of rotatable bonds is 5. The molecule has 1 heterocycles. The second-order valence-electron chi connectivity index (χ2n) is 6.19. The standard InChI is InChI=1S/C22H18ClNO3/c1-14-12-15(2)24-21(23)20(14)22(26)27-13-19(25)18-10-8-17(9-11-18)16-6-4-3-5-7-16/h3-12H,13H2,1-2H3. The van der Waals surface area contributed by atoms with E-state index in [2.05, 4.69) is 4.98 Å². The van der Waals surface area contributed by atoms with Gasteiger partial charge in [-0.15, -0.1) is 0 Å². The minimum Gasteiger partial charge on any atom is -0.454 e. The summed E-state index contributed by atoms with van der Waals surface area (Å²) >= 11 is 6.04. The molecule has 136 valence electrons. The van der Waals surface area contributed by atoms with Crippen molar-refractivity contribution in [1.82, 2.24) is 4.98 Å². The molecule has 0 aliphatic carbocycles. The molecule has 0 atom stereocenters. The maximum atomic E-state index is 12.3. The van der Waals surface area contributed by atoms with E-state index in [1.54, 1.807) is 32.0 Å². The quantitative estimate of drug-likeness (QED) is 0.353. The molecule has 0 saturated heterocycles. The van der Waals surface area contributed by atoms with Gasteiger partial charge in [-0.1, -0.05) is 66.2 Å². The van der Waals surface area contributed by atoms with E-state index in [0.717, 1.165) is 11.1 Å². The first-order chi connectivity index (χ1) is 13.0. The van der Waals surface area contributed by atoms with Crippen LogP contribution in [0, 0.1) is 13.8 Å². The number of halogens is 1. The summed E-state index contributed by atoms with van der Waals surface area (Å²) in [7, 11) is 0. The highest BCUT2D eigenvalue weighted by atomic mass is 35.5. The van der Waals surface area contributed by atoms with Crippen LogP contribution in [0.5, 0.6) is 0 Å². The van der Waals surface area contributed by atoms with Crippen molar-refractivity contribution in [2.45, 2.75) is 13.8 Å². The van der Waals surface area contributed by atoms with Gasteiger partial charge in [-0.25, -0.2) is 9.78 Å². The summed E-state index contributed by atoms with van der Waals surface area (Å²) in [6.07, 6.45) is 0. The van der Waals surface area contributed by atoms with Gasteiger partial charge in [0.1, 0.15) is 5.15 Å². The Labute approximate surface area is 162 Å². The Balaban J connectivity index is 1.67. The predicted molar refractivity (Wildman–Crippen MR) is 105 cm³/mol. The number of esters is 1. The Morgan fingerprint density at radius 2 is 1.59 bits per heavy atom. The van der Waals surface area contributed by atoms with Gasteiger partial charge in [0, 0.05) is 11.3 Å². The van der Waals surface area contributed by atoms with Gasteiger partial charge in [-0.2, -0.15) is 0 Å². The van der Waals surface area contributed by atoms with Gasteiger partial charge >= 0.3 is 5.97 Å². The fourth-order valence-electron chi connectivity index (χ4n) is 2.80. The van der Waals surface area contributed by atoms with Gasteiger partial charge in [0.2, 0.25) is 0 Å². The van der Waals surface area contributed by atoms with Gasteiger partial charge in [0.05, 0.1) is 5.56 Å². The number of ketones is 1. The third kappa shape index (κ3) is 4.41. The van der Waals surface area contributed by atoms with Crippen molar-refractivity contribution in [3.8, 4) is 11.1 Å². The molecule has 3 aromatic rings. The van der Waals surface area contributed by atoms with Crippen LogP contribution in [-0.2, 0) is 4.74 Å². The number of pyridine rings is 1. The molecular formula is C22H18ClNO3. The van der Waals surface area contributed by atoms with E-state index in [9.17, 15) is 9.59 Å². The maximum absolute atomic E-state index is 12.3. The van der Waals surface area contributed by atoms with Gasteiger partial charge in [-0.3, -0.25) is 4.79 Å². The Hall–Kier alpha value is -2.98. The van der Waals surface area contributed by atoms with Crippen LogP contribution < -0.4 is 0 Å². The first-order valence-electron chi connectivity index (χ1n) is 8.45. The topological polar surface area (TPSA) is 56.3 Å². The van der Waals surface area contributed by atoms with Gasteiger partial charge < -0.3 is 4.74 Å². The number of nitrogens with zero attached hydrogens (tertiary/aromatic N) is 1. The van der Waals surface area contributed by atoms with Crippen LogP contribution in [0.15, 0.2) is 60.7 Å². The molecule has 2 aromatic carbocycles. The molecule has 0 unspecified atom stereocenters. The Bertz CT molecular complexity index is 959. The molecule has 0 saturated carbocycles. The van der Waals surface area contributed by atoms with Gasteiger partial charge in [-0.05, 0) is 36.6 Å². The third-order valence-corrected chi connectivity index (χ3v) is 4.43. The number of carbonyl (C=O) groups is 2. The second kappa shape index (κ2) is 8.14. The fraction of sp³-hybridized carbons (Fsp3) is 0.136. The molecule has 27 heavy (non-hydrogen) atoms. The van der Waals surface area contributed by atoms with Crippen molar-refractivity contribution in [3.63, 3.8) is 0 Å². The molecule has 5 heteroatoms. The largest absolute Gasteiger partial charge is 0.454 e. The van der Waals surface area contributed by atoms with E-state index >= 15 is 0 Å². The Kier molecular flexibility index (Phi) is 5.67. The average Bonchev–Trinajstić information content (AvgIpc) is 2.66. The minimum atomic E-state index is -0.653. The lowest BCUT2D eigenvalue weighted by Crippen LogP contribution is -2.16. The molecule has 0 bridgehead atoms. The number of ether oxygens (including phenoxy) is 1. The van der Waals surface area contributed by atoms with Crippen molar-refractivity contribution in [2.24, 2.45) is 0 Å². The summed E-state index contributed by atoms with van der Waals surface area (Å²) in [5, 5.41) is 0.0807. The summed E-state index contributed by atoms with van der Waals surface area (Å²) in [6.45, 7) is 3.19. The average molecular weight is 380 g/mol. The van der Waals surface area contributed by atoms with Crippen LogP contribution >= 0.6 is 11.6 Å². The van der Waals surface area contributed by atoms with Crippen LogP contribution in [0.3, 0.4) is 0 Å². The lowest BCUT2D eigenvalue weighted by Gasteiger charge is -2.09. The van der Waals surface area contributed by atoms with E-state index in [-0.39, 0.29) is 23.1 Å². The molecule has 4 nitrogen and oxygen atoms in total. The third-order valence-electron chi connectivity index (χ3n) is 4.15.